The van der Waals surface area contributed by atoms with E-state index in [4.69, 9.17) is 11.6 Å². The number of anilines is 1. The summed E-state index contributed by atoms with van der Waals surface area (Å²) in [7, 11) is 0. The van der Waals surface area contributed by atoms with Gasteiger partial charge in [-0.2, -0.15) is 0 Å². The van der Waals surface area contributed by atoms with Gasteiger partial charge in [0.15, 0.2) is 0 Å². The van der Waals surface area contributed by atoms with Crippen LogP contribution in [0.1, 0.15) is 12.0 Å². The highest BCUT2D eigenvalue weighted by Crippen LogP contribution is 2.34. The van der Waals surface area contributed by atoms with Crippen molar-refractivity contribution in [3.05, 3.63) is 94.7 Å². The lowest BCUT2D eigenvalue weighted by Crippen LogP contribution is -2.17. The van der Waals surface area contributed by atoms with Crippen molar-refractivity contribution in [3.8, 4) is 11.1 Å². The lowest BCUT2D eigenvalue weighted by atomic mass is 10.0. The van der Waals surface area contributed by atoms with Crippen molar-refractivity contribution in [2.45, 2.75) is 13.0 Å². The van der Waals surface area contributed by atoms with Gasteiger partial charge in [-0.25, -0.2) is 4.39 Å². The molecular weight excluding hydrogens is 453 g/mol. The first-order valence-corrected chi connectivity index (χ1v) is 12.2. The van der Waals surface area contributed by atoms with Crippen LogP contribution in [-0.4, -0.2) is 18.1 Å². The van der Waals surface area contributed by atoms with Gasteiger partial charge in [-0.1, -0.05) is 35.9 Å². The summed E-state index contributed by atoms with van der Waals surface area (Å²) in [6.07, 6.45) is 2.81. The standard InChI is InChI=1S/C27H23ClFN3S/c28-20-6-8-22-25(10-13-32-26(22)14-20)31-12-1-11-30-16-18-2-4-19(5-3-18)24-17-33-27-9-7-21(29)15-23(24)27/h2-10,13-15,17,30H,1,11-12,16H2,(H,31,32). The molecule has 0 atom stereocenters. The summed E-state index contributed by atoms with van der Waals surface area (Å²) in [5.74, 6) is -0.195. The van der Waals surface area contributed by atoms with Crippen molar-refractivity contribution in [2.24, 2.45) is 0 Å². The topological polar surface area (TPSA) is 37.0 Å². The van der Waals surface area contributed by atoms with Gasteiger partial charge in [0.05, 0.1) is 5.52 Å². The minimum Gasteiger partial charge on any atom is -0.384 e. The van der Waals surface area contributed by atoms with E-state index in [2.05, 4.69) is 45.3 Å². The Morgan fingerprint density at radius 2 is 1.79 bits per heavy atom. The minimum absolute atomic E-state index is 0.195. The van der Waals surface area contributed by atoms with Crippen molar-refractivity contribution in [2.75, 3.05) is 18.4 Å². The predicted molar refractivity (Wildman–Crippen MR) is 139 cm³/mol. The zero-order valence-electron chi connectivity index (χ0n) is 17.9. The highest BCUT2D eigenvalue weighted by molar-refractivity contribution is 7.17. The summed E-state index contributed by atoms with van der Waals surface area (Å²) in [6.45, 7) is 2.60. The summed E-state index contributed by atoms with van der Waals surface area (Å²) < 4.78 is 14.8. The number of halogens is 2. The normalized spacial score (nSPS) is 11.3. The van der Waals surface area contributed by atoms with Crippen molar-refractivity contribution in [3.63, 3.8) is 0 Å². The second kappa shape index (κ2) is 9.87. The fourth-order valence-corrected chi connectivity index (χ4v) is 5.09. The molecule has 0 aliphatic carbocycles. The summed E-state index contributed by atoms with van der Waals surface area (Å²) in [5, 5.41) is 11.9. The first-order chi connectivity index (χ1) is 16.2. The Kier molecular flexibility index (Phi) is 6.53. The number of hydrogen-bond acceptors (Lipinski definition) is 4. The maximum Gasteiger partial charge on any atom is 0.123 e. The van der Waals surface area contributed by atoms with Gasteiger partial charge in [0.25, 0.3) is 0 Å². The van der Waals surface area contributed by atoms with E-state index in [1.807, 2.05) is 30.3 Å². The summed E-state index contributed by atoms with van der Waals surface area (Å²) in [4.78, 5) is 4.38. The van der Waals surface area contributed by atoms with E-state index in [-0.39, 0.29) is 5.82 Å². The predicted octanol–water partition coefficient (Wildman–Crippen LogP) is 7.50. The molecule has 5 rings (SSSR count). The Bertz CT molecular complexity index is 1400. The molecule has 0 bridgehead atoms. The molecule has 33 heavy (non-hydrogen) atoms. The molecule has 2 N–H and O–H groups in total. The summed E-state index contributed by atoms with van der Waals surface area (Å²) in [5.41, 5.74) is 5.41. The number of fused-ring (bicyclic) bond motifs is 2. The first kappa shape index (κ1) is 21.8. The van der Waals surface area contributed by atoms with Gasteiger partial charge >= 0.3 is 0 Å². The van der Waals surface area contributed by atoms with Crippen molar-refractivity contribution in [1.29, 1.82) is 0 Å². The highest BCUT2D eigenvalue weighted by atomic mass is 35.5. The molecule has 2 aromatic heterocycles. The third kappa shape index (κ3) is 5.01. The molecule has 0 radical (unpaired) electrons. The third-order valence-corrected chi connectivity index (χ3v) is 6.88. The Balaban J connectivity index is 1.11. The average molecular weight is 476 g/mol. The van der Waals surface area contributed by atoms with Gasteiger partial charge in [0, 0.05) is 51.0 Å². The van der Waals surface area contributed by atoms with E-state index < -0.39 is 0 Å². The van der Waals surface area contributed by atoms with E-state index in [1.54, 1.807) is 23.6 Å². The molecule has 166 valence electrons. The quantitative estimate of drug-likeness (QED) is 0.228. The van der Waals surface area contributed by atoms with Crippen molar-refractivity contribution >= 4 is 49.6 Å². The molecule has 0 spiro atoms. The molecule has 0 unspecified atom stereocenters. The van der Waals surface area contributed by atoms with Crippen LogP contribution >= 0.6 is 22.9 Å². The number of nitrogens with one attached hydrogen (secondary N) is 2. The van der Waals surface area contributed by atoms with Gasteiger partial charge < -0.3 is 10.6 Å². The third-order valence-electron chi connectivity index (χ3n) is 5.68. The molecule has 3 nitrogen and oxygen atoms in total. The van der Waals surface area contributed by atoms with Gasteiger partial charge in [-0.3, -0.25) is 4.98 Å². The molecule has 0 fully saturated rings. The molecule has 3 aromatic carbocycles. The zero-order valence-corrected chi connectivity index (χ0v) is 19.5. The van der Waals surface area contributed by atoms with E-state index in [0.717, 1.165) is 63.9 Å². The van der Waals surface area contributed by atoms with Crippen LogP contribution in [0.3, 0.4) is 0 Å². The number of pyridine rings is 1. The van der Waals surface area contributed by atoms with Crippen molar-refractivity contribution < 1.29 is 4.39 Å². The number of nitrogens with zero attached hydrogens (tertiary/aromatic N) is 1. The second-order valence-corrected chi connectivity index (χ2v) is 9.31. The van der Waals surface area contributed by atoms with Gasteiger partial charge in [0.2, 0.25) is 0 Å². The van der Waals surface area contributed by atoms with Crippen LogP contribution in [0.15, 0.2) is 78.3 Å². The monoisotopic (exact) mass is 475 g/mol. The number of hydrogen-bond donors (Lipinski definition) is 2. The number of rotatable bonds is 8. The van der Waals surface area contributed by atoms with Crippen LogP contribution in [-0.2, 0) is 6.54 Å². The van der Waals surface area contributed by atoms with E-state index in [9.17, 15) is 4.39 Å². The largest absolute Gasteiger partial charge is 0.384 e. The molecule has 0 aliphatic heterocycles. The first-order valence-electron chi connectivity index (χ1n) is 10.9. The molecule has 0 saturated carbocycles. The van der Waals surface area contributed by atoms with Crippen LogP contribution in [0, 0.1) is 5.82 Å². The smallest absolute Gasteiger partial charge is 0.123 e. The average Bonchev–Trinajstić information content (AvgIpc) is 3.24. The molecular formula is C27H23ClFN3S. The molecule has 6 heteroatoms. The van der Waals surface area contributed by atoms with Crippen LogP contribution in [0.25, 0.3) is 32.1 Å². The minimum atomic E-state index is -0.195. The Hall–Kier alpha value is -2.99. The second-order valence-electron chi connectivity index (χ2n) is 7.96. The van der Waals surface area contributed by atoms with E-state index in [1.165, 1.54) is 11.6 Å². The molecule has 0 saturated heterocycles. The zero-order chi connectivity index (χ0) is 22.6. The summed E-state index contributed by atoms with van der Waals surface area (Å²) >= 11 is 7.71. The van der Waals surface area contributed by atoms with Gasteiger partial charge in [-0.15, -0.1) is 11.3 Å². The fraction of sp³-hybridized carbons (Fsp3) is 0.148. The highest BCUT2D eigenvalue weighted by Gasteiger charge is 2.08. The maximum absolute atomic E-state index is 13.7. The van der Waals surface area contributed by atoms with Crippen LogP contribution in [0.4, 0.5) is 10.1 Å². The van der Waals surface area contributed by atoms with Gasteiger partial charge in [-0.05, 0) is 71.9 Å². The lowest BCUT2D eigenvalue weighted by Gasteiger charge is -2.10. The van der Waals surface area contributed by atoms with E-state index >= 15 is 0 Å². The number of benzene rings is 3. The molecule has 2 heterocycles. The number of aromatic nitrogens is 1. The Morgan fingerprint density at radius 1 is 0.909 bits per heavy atom. The Morgan fingerprint density at radius 3 is 2.67 bits per heavy atom. The summed E-state index contributed by atoms with van der Waals surface area (Å²) in [6, 6.07) is 21.3. The van der Waals surface area contributed by atoms with Crippen LogP contribution in [0.2, 0.25) is 5.02 Å². The molecule has 5 aromatic rings. The van der Waals surface area contributed by atoms with Crippen molar-refractivity contribution in [1.82, 2.24) is 10.3 Å². The van der Waals surface area contributed by atoms with E-state index in [0.29, 0.717) is 5.02 Å². The fourth-order valence-electron chi connectivity index (χ4n) is 3.97. The lowest BCUT2D eigenvalue weighted by molar-refractivity contribution is 0.630. The van der Waals surface area contributed by atoms with Crippen LogP contribution in [0.5, 0.6) is 0 Å². The molecule has 0 aliphatic rings. The maximum atomic E-state index is 13.7. The Labute approximate surface area is 201 Å². The van der Waals surface area contributed by atoms with Crippen LogP contribution < -0.4 is 10.6 Å². The molecule has 0 amide bonds. The number of thiophene rings is 1. The van der Waals surface area contributed by atoms with Gasteiger partial charge in [0.1, 0.15) is 5.82 Å². The SMILES string of the molecule is Fc1ccc2scc(-c3ccc(CNCCCNc4ccnc5cc(Cl)ccc45)cc3)c2c1.